The van der Waals surface area contributed by atoms with E-state index in [1.807, 2.05) is 11.8 Å². The normalized spacial score (nSPS) is 21.0. The highest BCUT2D eigenvalue weighted by Crippen LogP contribution is 2.26. The highest BCUT2D eigenvalue weighted by molar-refractivity contribution is 9.10. The Bertz CT molecular complexity index is 348. The Morgan fingerprint density at radius 1 is 1.44 bits per heavy atom. The van der Waals surface area contributed by atoms with E-state index in [1.165, 1.54) is 40.7 Å². The zero-order chi connectivity index (χ0) is 11.4. The van der Waals surface area contributed by atoms with Crippen molar-refractivity contribution in [2.45, 2.75) is 36.6 Å². The van der Waals surface area contributed by atoms with Gasteiger partial charge in [0.25, 0.3) is 0 Å². The summed E-state index contributed by atoms with van der Waals surface area (Å²) in [5, 5.41) is 3.61. The van der Waals surface area contributed by atoms with Crippen molar-refractivity contribution in [3.05, 3.63) is 28.2 Å². The van der Waals surface area contributed by atoms with E-state index in [0.29, 0.717) is 6.04 Å². The van der Waals surface area contributed by atoms with Crippen molar-refractivity contribution in [3.8, 4) is 0 Å². The van der Waals surface area contributed by atoms with Crippen LogP contribution in [0, 0.1) is 0 Å². The van der Waals surface area contributed by atoms with E-state index >= 15 is 0 Å². The highest BCUT2D eigenvalue weighted by Gasteiger charge is 2.14. The fourth-order valence-electron chi connectivity index (χ4n) is 2.27. The first-order chi connectivity index (χ1) is 7.79. The largest absolute Gasteiger partial charge is 0.314 e. The lowest BCUT2D eigenvalue weighted by Gasteiger charge is -2.24. The third-order valence-electron chi connectivity index (χ3n) is 3.12. The van der Waals surface area contributed by atoms with Crippen LogP contribution in [0.2, 0.25) is 0 Å². The second kappa shape index (κ2) is 6.08. The molecule has 0 aromatic heterocycles. The van der Waals surface area contributed by atoms with Crippen molar-refractivity contribution in [1.82, 2.24) is 5.32 Å². The van der Waals surface area contributed by atoms with Crippen molar-refractivity contribution >= 4 is 27.7 Å². The van der Waals surface area contributed by atoms with Crippen LogP contribution in [0.25, 0.3) is 0 Å². The molecule has 0 saturated carbocycles. The predicted octanol–water partition coefficient (Wildman–Crippen LogP) is 3.86. The molecule has 0 bridgehead atoms. The minimum Gasteiger partial charge on any atom is -0.314 e. The maximum atomic E-state index is 3.61. The highest BCUT2D eigenvalue weighted by atomic mass is 79.9. The standard InChI is InChI=1S/C13H18BrNS/c1-16-13-6-5-11(14)8-10(13)9-12-4-2-3-7-15-12/h5-6,8,12,15H,2-4,7,9H2,1H3. The van der Waals surface area contributed by atoms with Crippen LogP contribution in [0.1, 0.15) is 24.8 Å². The van der Waals surface area contributed by atoms with Crippen LogP contribution in [0.5, 0.6) is 0 Å². The van der Waals surface area contributed by atoms with Gasteiger partial charge in [0.05, 0.1) is 0 Å². The molecule has 1 aliphatic heterocycles. The van der Waals surface area contributed by atoms with Gasteiger partial charge in [-0.25, -0.2) is 0 Å². The molecule has 3 heteroatoms. The second-order valence-electron chi connectivity index (χ2n) is 4.31. The SMILES string of the molecule is CSc1ccc(Br)cc1CC1CCCCN1. The number of thioether (sulfide) groups is 1. The van der Waals surface area contributed by atoms with Gasteiger partial charge in [-0.15, -0.1) is 11.8 Å². The lowest BCUT2D eigenvalue weighted by molar-refractivity contribution is 0.398. The quantitative estimate of drug-likeness (QED) is 0.851. The van der Waals surface area contributed by atoms with E-state index in [-0.39, 0.29) is 0 Å². The summed E-state index contributed by atoms with van der Waals surface area (Å²) in [7, 11) is 0. The fraction of sp³-hybridized carbons (Fsp3) is 0.538. The Kier molecular flexibility index (Phi) is 4.74. The molecule has 0 spiro atoms. The van der Waals surface area contributed by atoms with Crippen LogP contribution in [-0.2, 0) is 6.42 Å². The van der Waals surface area contributed by atoms with Gasteiger partial charge in [0.15, 0.2) is 0 Å². The van der Waals surface area contributed by atoms with Gasteiger partial charge in [0.1, 0.15) is 0 Å². The van der Waals surface area contributed by atoms with Crippen LogP contribution in [-0.4, -0.2) is 18.8 Å². The molecule has 16 heavy (non-hydrogen) atoms. The number of hydrogen-bond acceptors (Lipinski definition) is 2. The molecule has 1 heterocycles. The smallest absolute Gasteiger partial charge is 0.0178 e. The zero-order valence-corrected chi connectivity index (χ0v) is 12.0. The number of halogens is 1. The zero-order valence-electron chi connectivity index (χ0n) is 9.63. The molecular weight excluding hydrogens is 282 g/mol. The van der Waals surface area contributed by atoms with Crippen molar-refractivity contribution in [3.63, 3.8) is 0 Å². The Labute approximate surface area is 111 Å². The van der Waals surface area contributed by atoms with Crippen LogP contribution in [0.15, 0.2) is 27.6 Å². The summed E-state index contributed by atoms with van der Waals surface area (Å²) in [6.45, 7) is 1.19. The number of piperidine rings is 1. The Morgan fingerprint density at radius 2 is 2.31 bits per heavy atom. The molecule has 1 nitrogen and oxygen atoms in total. The first kappa shape index (κ1) is 12.5. The van der Waals surface area contributed by atoms with E-state index in [1.54, 1.807) is 0 Å². The van der Waals surface area contributed by atoms with Crippen molar-refractivity contribution in [1.29, 1.82) is 0 Å². The van der Waals surface area contributed by atoms with E-state index in [4.69, 9.17) is 0 Å². The van der Waals surface area contributed by atoms with Gasteiger partial charge >= 0.3 is 0 Å². The molecule has 1 aromatic carbocycles. The summed E-state index contributed by atoms with van der Waals surface area (Å²) in [5.74, 6) is 0. The minimum absolute atomic E-state index is 0.675. The maximum Gasteiger partial charge on any atom is 0.0178 e. The fourth-order valence-corrected chi connectivity index (χ4v) is 3.29. The minimum atomic E-state index is 0.675. The summed E-state index contributed by atoms with van der Waals surface area (Å²) in [4.78, 5) is 1.41. The summed E-state index contributed by atoms with van der Waals surface area (Å²) in [5.41, 5.74) is 1.47. The van der Waals surface area contributed by atoms with E-state index in [0.717, 1.165) is 6.42 Å². The Morgan fingerprint density at radius 3 is 3.00 bits per heavy atom. The van der Waals surface area contributed by atoms with E-state index in [9.17, 15) is 0 Å². The van der Waals surface area contributed by atoms with Gasteiger partial charge in [-0.3, -0.25) is 0 Å². The first-order valence-electron chi connectivity index (χ1n) is 5.85. The summed E-state index contributed by atoms with van der Waals surface area (Å²) < 4.78 is 1.19. The van der Waals surface area contributed by atoms with E-state index in [2.05, 4.69) is 45.7 Å². The van der Waals surface area contributed by atoms with Crippen molar-refractivity contribution < 1.29 is 0 Å². The first-order valence-corrected chi connectivity index (χ1v) is 7.87. The molecule has 1 aromatic rings. The summed E-state index contributed by atoms with van der Waals surface area (Å²) in [6, 6.07) is 7.28. The Hall–Kier alpha value is 0.01000. The van der Waals surface area contributed by atoms with Gasteiger partial charge in [-0.1, -0.05) is 22.4 Å². The monoisotopic (exact) mass is 299 g/mol. The van der Waals surface area contributed by atoms with Crippen LogP contribution < -0.4 is 5.32 Å². The van der Waals surface area contributed by atoms with E-state index < -0.39 is 0 Å². The van der Waals surface area contributed by atoms with Crippen LogP contribution in [0.3, 0.4) is 0 Å². The molecule has 1 saturated heterocycles. The second-order valence-corrected chi connectivity index (χ2v) is 6.07. The third kappa shape index (κ3) is 3.25. The van der Waals surface area contributed by atoms with Gasteiger partial charge in [0.2, 0.25) is 0 Å². The average molecular weight is 300 g/mol. The molecule has 1 atom stereocenters. The molecule has 1 aliphatic rings. The van der Waals surface area contributed by atoms with Gasteiger partial charge in [-0.2, -0.15) is 0 Å². The summed E-state index contributed by atoms with van der Waals surface area (Å²) >= 11 is 5.40. The molecule has 1 fully saturated rings. The number of rotatable bonds is 3. The van der Waals surface area contributed by atoms with Gasteiger partial charge in [-0.05, 0) is 55.8 Å². The van der Waals surface area contributed by atoms with Crippen LogP contribution in [0.4, 0.5) is 0 Å². The molecule has 1 N–H and O–H groups in total. The van der Waals surface area contributed by atoms with Crippen molar-refractivity contribution in [2.24, 2.45) is 0 Å². The molecule has 0 radical (unpaired) electrons. The average Bonchev–Trinajstić information content (AvgIpc) is 2.31. The topological polar surface area (TPSA) is 12.0 Å². The molecule has 2 rings (SSSR count). The number of benzene rings is 1. The van der Waals surface area contributed by atoms with Gasteiger partial charge < -0.3 is 5.32 Å². The maximum absolute atomic E-state index is 3.61. The third-order valence-corrected chi connectivity index (χ3v) is 4.45. The van der Waals surface area contributed by atoms with Gasteiger partial charge in [0, 0.05) is 15.4 Å². The number of hydrogen-bond donors (Lipinski definition) is 1. The molecule has 1 unspecified atom stereocenters. The molecule has 88 valence electrons. The Balaban J connectivity index is 2.09. The molecular formula is C13H18BrNS. The molecule has 0 aliphatic carbocycles. The number of nitrogens with one attached hydrogen (secondary N) is 1. The van der Waals surface area contributed by atoms with Crippen LogP contribution >= 0.6 is 27.7 Å². The lowest BCUT2D eigenvalue weighted by atomic mass is 9.98. The lowest BCUT2D eigenvalue weighted by Crippen LogP contribution is -2.35. The summed E-state index contributed by atoms with van der Waals surface area (Å²) in [6.07, 6.45) is 7.35. The van der Waals surface area contributed by atoms with Crippen molar-refractivity contribution in [2.75, 3.05) is 12.8 Å². The molecule has 0 amide bonds. The predicted molar refractivity (Wildman–Crippen MR) is 75.3 cm³/mol.